The van der Waals surface area contributed by atoms with Crippen molar-refractivity contribution in [2.24, 2.45) is 0 Å². The molecule has 0 aliphatic heterocycles. The van der Waals surface area contributed by atoms with Crippen LogP contribution >= 0.6 is 23.4 Å². The molecule has 0 aliphatic rings. The quantitative estimate of drug-likeness (QED) is 0.329. The molecule has 3 aromatic carbocycles. The van der Waals surface area contributed by atoms with Crippen LogP contribution in [0.5, 0.6) is 0 Å². The molecule has 1 amide bonds. The van der Waals surface area contributed by atoms with Crippen LogP contribution in [0.25, 0.3) is 16.6 Å². The molecule has 1 atom stereocenters. The lowest BCUT2D eigenvalue weighted by molar-refractivity contribution is -0.115. The van der Waals surface area contributed by atoms with Crippen LogP contribution in [0.15, 0.2) is 82.7 Å². The summed E-state index contributed by atoms with van der Waals surface area (Å²) in [5.41, 5.74) is 1.28. The van der Waals surface area contributed by atoms with E-state index in [1.807, 2.05) is 0 Å². The summed E-state index contributed by atoms with van der Waals surface area (Å²) >= 11 is 7.12. The monoisotopic (exact) mass is 453 g/mol. The van der Waals surface area contributed by atoms with Gasteiger partial charge < -0.3 is 5.32 Å². The number of hydrogen-bond donors (Lipinski definition) is 1. The summed E-state index contributed by atoms with van der Waals surface area (Å²) in [5.74, 6) is -0.672. The number of carbonyl (C=O) groups is 1. The summed E-state index contributed by atoms with van der Waals surface area (Å²) in [4.78, 5) is 30.6. The van der Waals surface area contributed by atoms with E-state index in [1.165, 1.54) is 28.8 Å². The second-order valence-electron chi connectivity index (χ2n) is 6.79. The first-order chi connectivity index (χ1) is 14.9. The fourth-order valence-electron chi connectivity index (χ4n) is 3.03. The van der Waals surface area contributed by atoms with E-state index in [9.17, 15) is 14.0 Å². The number of aromatic nitrogens is 2. The zero-order valence-electron chi connectivity index (χ0n) is 16.4. The van der Waals surface area contributed by atoms with Crippen LogP contribution in [0.4, 0.5) is 10.1 Å². The van der Waals surface area contributed by atoms with Gasteiger partial charge in [0.1, 0.15) is 5.82 Å². The molecule has 0 saturated carbocycles. The summed E-state index contributed by atoms with van der Waals surface area (Å²) in [5, 5.41) is 3.53. The lowest BCUT2D eigenvalue weighted by atomic mass is 10.2. The predicted octanol–water partition coefficient (Wildman–Crippen LogP) is 5.30. The van der Waals surface area contributed by atoms with Gasteiger partial charge in [-0.05, 0) is 61.5 Å². The van der Waals surface area contributed by atoms with Gasteiger partial charge in [-0.1, -0.05) is 41.6 Å². The molecular formula is C23H17ClFN3O2S. The van der Waals surface area contributed by atoms with Gasteiger partial charge in [-0.15, -0.1) is 0 Å². The van der Waals surface area contributed by atoms with E-state index >= 15 is 0 Å². The van der Waals surface area contributed by atoms with Crippen molar-refractivity contribution < 1.29 is 9.18 Å². The summed E-state index contributed by atoms with van der Waals surface area (Å²) in [7, 11) is 0. The van der Waals surface area contributed by atoms with Crippen LogP contribution in [0.3, 0.4) is 0 Å². The summed E-state index contributed by atoms with van der Waals surface area (Å²) < 4.78 is 14.8. The SMILES string of the molecule is C[C@H](Sc1nc2ccccc2c(=O)n1-c1ccc(F)cc1)C(=O)Nc1cccc(Cl)c1. The second-order valence-corrected chi connectivity index (χ2v) is 8.53. The molecule has 0 fully saturated rings. The lowest BCUT2D eigenvalue weighted by Crippen LogP contribution is -2.26. The Kier molecular flexibility index (Phi) is 6.06. The number of carbonyl (C=O) groups excluding carboxylic acids is 1. The van der Waals surface area contributed by atoms with Crippen molar-refractivity contribution in [3.63, 3.8) is 0 Å². The molecule has 0 bridgehead atoms. The van der Waals surface area contributed by atoms with E-state index in [-0.39, 0.29) is 11.5 Å². The number of nitrogens with one attached hydrogen (secondary N) is 1. The molecule has 1 N–H and O–H groups in total. The number of nitrogens with zero attached hydrogens (tertiary/aromatic N) is 2. The van der Waals surface area contributed by atoms with Crippen LogP contribution in [-0.2, 0) is 4.79 Å². The van der Waals surface area contributed by atoms with Gasteiger partial charge in [-0.3, -0.25) is 14.2 Å². The highest BCUT2D eigenvalue weighted by Crippen LogP contribution is 2.26. The zero-order chi connectivity index (χ0) is 22.0. The Morgan fingerprint density at radius 3 is 2.58 bits per heavy atom. The molecule has 8 heteroatoms. The Hall–Kier alpha value is -3.16. The van der Waals surface area contributed by atoms with Gasteiger partial charge in [-0.25, -0.2) is 9.37 Å². The normalized spacial score (nSPS) is 12.0. The molecule has 1 heterocycles. The van der Waals surface area contributed by atoms with Crippen molar-refractivity contribution in [2.45, 2.75) is 17.3 Å². The molecular weight excluding hydrogens is 437 g/mol. The molecule has 4 rings (SSSR count). The molecule has 0 aliphatic carbocycles. The van der Waals surface area contributed by atoms with Crippen molar-refractivity contribution in [1.82, 2.24) is 9.55 Å². The van der Waals surface area contributed by atoms with Gasteiger partial charge in [0.15, 0.2) is 5.16 Å². The van der Waals surface area contributed by atoms with Crippen molar-refractivity contribution >= 4 is 45.9 Å². The first-order valence-electron chi connectivity index (χ1n) is 9.43. The molecule has 0 saturated heterocycles. The van der Waals surface area contributed by atoms with Crippen LogP contribution in [0, 0.1) is 5.82 Å². The van der Waals surface area contributed by atoms with Gasteiger partial charge in [0, 0.05) is 10.7 Å². The lowest BCUT2D eigenvalue weighted by Gasteiger charge is -2.16. The van der Waals surface area contributed by atoms with Gasteiger partial charge in [0.25, 0.3) is 5.56 Å². The molecule has 156 valence electrons. The second kappa shape index (κ2) is 8.91. The van der Waals surface area contributed by atoms with Gasteiger partial charge in [0.2, 0.25) is 5.91 Å². The maximum absolute atomic E-state index is 13.4. The number of para-hydroxylation sites is 1. The molecule has 1 aromatic heterocycles. The van der Waals surface area contributed by atoms with Crippen molar-refractivity contribution in [3.05, 3.63) is 94.0 Å². The highest BCUT2D eigenvalue weighted by molar-refractivity contribution is 8.00. The maximum Gasteiger partial charge on any atom is 0.266 e. The highest BCUT2D eigenvalue weighted by Gasteiger charge is 2.20. The summed E-state index contributed by atoms with van der Waals surface area (Å²) in [6, 6.07) is 19.4. The largest absolute Gasteiger partial charge is 0.325 e. The topological polar surface area (TPSA) is 64.0 Å². The zero-order valence-corrected chi connectivity index (χ0v) is 18.0. The fourth-order valence-corrected chi connectivity index (χ4v) is 4.15. The molecule has 31 heavy (non-hydrogen) atoms. The van der Waals surface area contributed by atoms with Crippen molar-refractivity contribution in [3.8, 4) is 5.69 Å². The third kappa shape index (κ3) is 4.62. The summed E-state index contributed by atoms with van der Waals surface area (Å²) in [6.07, 6.45) is 0. The van der Waals surface area contributed by atoms with Gasteiger partial charge in [0.05, 0.1) is 21.8 Å². The van der Waals surface area contributed by atoms with E-state index in [2.05, 4.69) is 10.3 Å². The Labute approximate surface area is 186 Å². The predicted molar refractivity (Wildman–Crippen MR) is 123 cm³/mol. The Morgan fingerprint density at radius 2 is 1.84 bits per heavy atom. The van der Waals surface area contributed by atoms with Crippen LogP contribution in [0.2, 0.25) is 5.02 Å². The van der Waals surface area contributed by atoms with E-state index in [4.69, 9.17) is 11.6 Å². The third-order valence-corrected chi connectivity index (χ3v) is 5.86. The molecule has 0 spiro atoms. The first kappa shape index (κ1) is 21.1. The van der Waals surface area contributed by atoms with Gasteiger partial charge >= 0.3 is 0 Å². The fraction of sp³-hybridized carbons (Fsp3) is 0.0870. The highest BCUT2D eigenvalue weighted by atomic mass is 35.5. The number of rotatable bonds is 5. The number of halogens is 2. The van der Waals surface area contributed by atoms with Crippen molar-refractivity contribution in [1.29, 1.82) is 0 Å². The molecule has 0 radical (unpaired) electrons. The smallest absolute Gasteiger partial charge is 0.266 e. The van der Waals surface area contributed by atoms with E-state index < -0.39 is 11.1 Å². The number of hydrogen-bond acceptors (Lipinski definition) is 4. The minimum absolute atomic E-state index is 0.264. The minimum atomic E-state index is -0.571. The van der Waals surface area contributed by atoms with E-state index in [0.717, 1.165) is 11.8 Å². The number of thioether (sulfide) groups is 1. The minimum Gasteiger partial charge on any atom is -0.325 e. The Bertz CT molecular complexity index is 1320. The number of anilines is 1. The number of fused-ring (bicyclic) bond motifs is 1. The third-order valence-electron chi connectivity index (χ3n) is 4.57. The average Bonchev–Trinajstić information content (AvgIpc) is 2.75. The number of benzene rings is 3. The molecule has 0 unspecified atom stereocenters. The van der Waals surface area contributed by atoms with Crippen molar-refractivity contribution in [2.75, 3.05) is 5.32 Å². The Balaban J connectivity index is 1.72. The average molecular weight is 454 g/mol. The Morgan fingerprint density at radius 1 is 1.10 bits per heavy atom. The van der Waals surface area contributed by atoms with Crippen LogP contribution in [-0.4, -0.2) is 20.7 Å². The first-order valence-corrected chi connectivity index (χ1v) is 10.7. The standard InChI is InChI=1S/C23H17ClFN3O2S/c1-14(21(29)26-17-6-4-5-15(24)13-17)31-23-27-20-8-3-2-7-19(20)22(30)28(23)18-11-9-16(25)10-12-18/h2-14H,1H3,(H,26,29)/t14-/m0/s1. The summed E-state index contributed by atoms with van der Waals surface area (Å²) in [6.45, 7) is 1.72. The number of amides is 1. The molecule has 4 aromatic rings. The van der Waals surface area contributed by atoms with E-state index in [0.29, 0.717) is 32.5 Å². The van der Waals surface area contributed by atoms with Gasteiger partial charge in [-0.2, -0.15) is 0 Å². The van der Waals surface area contributed by atoms with Crippen LogP contribution in [0.1, 0.15) is 6.92 Å². The van der Waals surface area contributed by atoms with E-state index in [1.54, 1.807) is 55.5 Å². The maximum atomic E-state index is 13.4. The molecule has 5 nitrogen and oxygen atoms in total. The van der Waals surface area contributed by atoms with Crippen LogP contribution < -0.4 is 10.9 Å².